The smallest absolute Gasteiger partial charge is 0.187 e. The van der Waals surface area contributed by atoms with Crippen LogP contribution in [0.3, 0.4) is 0 Å². The normalized spacial score (nSPS) is 36.4. The summed E-state index contributed by atoms with van der Waals surface area (Å²) in [5.74, 6) is 0. The molecule has 2 saturated heterocycles. The molecular weight excluding hydrogens is 484 g/mol. The topological polar surface area (TPSA) is 173 Å². The Kier molecular flexibility index (Phi) is 9.98. The van der Waals surface area contributed by atoms with Gasteiger partial charge in [0.15, 0.2) is 6.29 Å². The van der Waals surface area contributed by atoms with Crippen molar-refractivity contribution in [3.63, 3.8) is 0 Å². The number of rotatable bonds is 10. The third kappa shape index (κ3) is 6.72. The van der Waals surface area contributed by atoms with Crippen LogP contribution in [0.5, 0.6) is 0 Å². The highest BCUT2D eigenvalue weighted by atomic mass is 16.7. The molecule has 4 unspecified atom stereocenters. The van der Waals surface area contributed by atoms with Crippen LogP contribution in [0.15, 0.2) is 60.7 Å². The molecule has 2 fully saturated rings. The minimum Gasteiger partial charge on any atom is -0.394 e. The Labute approximate surface area is 215 Å². The second kappa shape index (κ2) is 13.2. The van der Waals surface area contributed by atoms with Crippen LogP contribution in [0, 0.1) is 0 Å². The summed E-state index contributed by atoms with van der Waals surface area (Å²) in [4.78, 5) is 0. The number of aliphatic hydroxyl groups excluding tert-OH is 6. The summed E-state index contributed by atoms with van der Waals surface area (Å²) in [5.41, 5.74) is 1.98. The van der Waals surface area contributed by atoms with E-state index in [1.807, 2.05) is 60.7 Å². The first-order valence-corrected chi connectivity index (χ1v) is 12.4. The molecule has 11 heteroatoms. The molecule has 0 saturated carbocycles. The number of ether oxygens (including phenoxy) is 3. The van der Waals surface area contributed by atoms with Gasteiger partial charge in [-0.3, -0.25) is 5.32 Å². The van der Waals surface area contributed by atoms with Crippen molar-refractivity contribution in [2.45, 2.75) is 74.4 Å². The predicted molar refractivity (Wildman–Crippen MR) is 131 cm³/mol. The summed E-state index contributed by atoms with van der Waals surface area (Å²) in [5, 5.41) is 68.2. The van der Waals surface area contributed by atoms with Gasteiger partial charge in [0.2, 0.25) is 0 Å². The summed E-state index contributed by atoms with van der Waals surface area (Å²) in [7, 11) is 0. The molecule has 2 aliphatic rings. The van der Waals surface area contributed by atoms with E-state index >= 15 is 0 Å². The number of hydrogen-bond acceptors (Lipinski definition) is 11. The highest BCUT2D eigenvalue weighted by molar-refractivity contribution is 5.16. The van der Waals surface area contributed by atoms with Crippen LogP contribution in [0.2, 0.25) is 0 Å². The van der Waals surface area contributed by atoms with E-state index in [1.54, 1.807) is 0 Å². The standard InChI is InChI=1S/C26H36N2O9/c29-13-17-20(31)22(33)23(34)26(36-17)37-24-18(14-30)35-25(28-12-16-9-5-2-6-10-16)19(21(24)32)27-11-15-7-3-1-4-8-15/h1-10,17-34H,11-14H2/t17?,18?,19?,20-,21+,22-,23?,24+,25+,26-/m0/s1. The van der Waals surface area contributed by atoms with Crippen molar-refractivity contribution in [3.05, 3.63) is 71.8 Å². The van der Waals surface area contributed by atoms with E-state index < -0.39 is 74.5 Å². The van der Waals surface area contributed by atoms with E-state index in [2.05, 4.69) is 10.6 Å². The average Bonchev–Trinajstić information content (AvgIpc) is 2.93. The van der Waals surface area contributed by atoms with Crippen LogP contribution >= 0.6 is 0 Å². The highest BCUT2D eigenvalue weighted by Crippen LogP contribution is 2.29. The SMILES string of the molecule is OCC1O[C@@H](NCc2ccccc2)C(NCc2ccccc2)[C@@H](O)[C@@H]1O[C@@H]1OC(CO)[C@H](O)[C@H](O)C1O. The molecule has 2 aromatic carbocycles. The average molecular weight is 521 g/mol. The molecule has 0 spiro atoms. The highest BCUT2D eigenvalue weighted by Gasteiger charge is 2.50. The molecule has 204 valence electrons. The van der Waals surface area contributed by atoms with Gasteiger partial charge >= 0.3 is 0 Å². The van der Waals surface area contributed by atoms with E-state index in [0.29, 0.717) is 13.1 Å². The van der Waals surface area contributed by atoms with E-state index in [4.69, 9.17) is 14.2 Å². The number of hydrogen-bond donors (Lipinski definition) is 8. The quantitative estimate of drug-likeness (QED) is 0.178. The number of nitrogens with one attached hydrogen (secondary N) is 2. The fourth-order valence-electron chi connectivity index (χ4n) is 4.65. The molecule has 2 aliphatic heterocycles. The molecule has 0 aliphatic carbocycles. The van der Waals surface area contributed by atoms with Crippen molar-refractivity contribution in [2.24, 2.45) is 0 Å². The van der Waals surface area contributed by atoms with E-state index in [1.165, 1.54) is 0 Å². The van der Waals surface area contributed by atoms with Gasteiger partial charge in [-0.15, -0.1) is 0 Å². The van der Waals surface area contributed by atoms with Gasteiger partial charge in [-0.1, -0.05) is 60.7 Å². The lowest BCUT2D eigenvalue weighted by Crippen LogP contribution is -2.69. The van der Waals surface area contributed by atoms with Crippen molar-refractivity contribution in [1.82, 2.24) is 10.6 Å². The lowest BCUT2D eigenvalue weighted by Gasteiger charge is -2.47. The third-order valence-electron chi connectivity index (χ3n) is 6.77. The van der Waals surface area contributed by atoms with Gasteiger partial charge < -0.3 is 50.2 Å². The molecular formula is C26H36N2O9. The Bertz CT molecular complexity index is 938. The predicted octanol–water partition coefficient (Wildman–Crippen LogP) is -1.80. The van der Waals surface area contributed by atoms with Crippen molar-refractivity contribution in [3.8, 4) is 0 Å². The third-order valence-corrected chi connectivity index (χ3v) is 6.77. The Hall–Kier alpha value is -2.00. The Morgan fingerprint density at radius 3 is 1.78 bits per heavy atom. The van der Waals surface area contributed by atoms with E-state index in [0.717, 1.165) is 11.1 Å². The molecule has 0 aromatic heterocycles. The number of benzene rings is 2. The molecule has 11 nitrogen and oxygen atoms in total. The van der Waals surface area contributed by atoms with Gasteiger partial charge in [0.1, 0.15) is 49.0 Å². The summed E-state index contributed by atoms with van der Waals surface area (Å²) in [6, 6.07) is 18.5. The van der Waals surface area contributed by atoms with Crippen molar-refractivity contribution in [1.29, 1.82) is 0 Å². The zero-order valence-electron chi connectivity index (χ0n) is 20.3. The van der Waals surface area contributed by atoms with E-state index in [-0.39, 0.29) is 0 Å². The van der Waals surface area contributed by atoms with Gasteiger partial charge in [-0.05, 0) is 11.1 Å². The maximum atomic E-state index is 11.4. The first-order valence-electron chi connectivity index (χ1n) is 12.4. The molecule has 0 radical (unpaired) electrons. The Morgan fingerprint density at radius 1 is 0.649 bits per heavy atom. The first kappa shape index (κ1) is 28.0. The van der Waals surface area contributed by atoms with Gasteiger partial charge in [-0.2, -0.15) is 0 Å². The lowest BCUT2D eigenvalue weighted by atomic mass is 9.94. The van der Waals surface area contributed by atoms with Crippen molar-refractivity contribution in [2.75, 3.05) is 13.2 Å². The fraction of sp³-hybridized carbons (Fsp3) is 0.538. The molecule has 2 aromatic rings. The number of aliphatic hydroxyl groups is 6. The van der Waals surface area contributed by atoms with Crippen LogP contribution in [-0.4, -0.2) is 105 Å². The Balaban J connectivity index is 1.52. The van der Waals surface area contributed by atoms with Crippen LogP contribution in [-0.2, 0) is 27.3 Å². The zero-order chi connectivity index (χ0) is 26.4. The van der Waals surface area contributed by atoms with Gasteiger partial charge in [-0.25, -0.2) is 0 Å². The van der Waals surface area contributed by atoms with Crippen LogP contribution in [0.1, 0.15) is 11.1 Å². The van der Waals surface area contributed by atoms with Crippen LogP contribution in [0.4, 0.5) is 0 Å². The summed E-state index contributed by atoms with van der Waals surface area (Å²) >= 11 is 0. The monoisotopic (exact) mass is 520 g/mol. The van der Waals surface area contributed by atoms with Crippen LogP contribution < -0.4 is 10.6 Å². The van der Waals surface area contributed by atoms with Crippen molar-refractivity contribution < 1.29 is 44.8 Å². The summed E-state index contributed by atoms with van der Waals surface area (Å²) in [6.45, 7) is -0.275. The molecule has 37 heavy (non-hydrogen) atoms. The molecule has 8 N–H and O–H groups in total. The van der Waals surface area contributed by atoms with Gasteiger partial charge in [0, 0.05) is 13.1 Å². The maximum Gasteiger partial charge on any atom is 0.187 e. The Morgan fingerprint density at radius 2 is 1.22 bits per heavy atom. The lowest BCUT2D eigenvalue weighted by molar-refractivity contribution is -0.337. The second-order valence-electron chi connectivity index (χ2n) is 9.33. The summed E-state index contributed by atoms with van der Waals surface area (Å²) < 4.78 is 17.4. The fourth-order valence-corrected chi connectivity index (χ4v) is 4.65. The second-order valence-corrected chi connectivity index (χ2v) is 9.33. The van der Waals surface area contributed by atoms with Crippen molar-refractivity contribution >= 4 is 0 Å². The molecule has 2 heterocycles. The molecule has 4 rings (SSSR count). The zero-order valence-corrected chi connectivity index (χ0v) is 20.3. The van der Waals surface area contributed by atoms with E-state index in [9.17, 15) is 30.6 Å². The first-order chi connectivity index (χ1) is 17.9. The van der Waals surface area contributed by atoms with Gasteiger partial charge in [0.25, 0.3) is 0 Å². The minimum atomic E-state index is -1.66. The molecule has 0 amide bonds. The molecule has 0 bridgehead atoms. The maximum absolute atomic E-state index is 11.4. The largest absolute Gasteiger partial charge is 0.394 e. The minimum absolute atomic E-state index is 0.409. The van der Waals surface area contributed by atoms with Crippen LogP contribution in [0.25, 0.3) is 0 Å². The summed E-state index contributed by atoms with van der Waals surface area (Å²) in [6.07, 6.45) is -11.7. The van der Waals surface area contributed by atoms with Gasteiger partial charge in [0.05, 0.1) is 19.3 Å². The molecule has 10 atom stereocenters.